The van der Waals surface area contributed by atoms with Gasteiger partial charge >= 0.3 is 6.18 Å². The van der Waals surface area contributed by atoms with Gasteiger partial charge in [-0.15, -0.1) is 0 Å². The minimum atomic E-state index is -4.90. The molecule has 0 saturated carbocycles. The third-order valence-corrected chi connectivity index (χ3v) is 2.07. The highest BCUT2D eigenvalue weighted by Gasteiger charge is 2.43. The molecule has 2 aromatic rings. The molecule has 1 aromatic carbocycles. The second kappa shape index (κ2) is 3.59. The number of oxazole rings is 1. The van der Waals surface area contributed by atoms with Gasteiger partial charge in [0.1, 0.15) is 11.3 Å². The molecule has 0 spiro atoms. The largest absolute Gasteiger partial charge is 0.437 e. The van der Waals surface area contributed by atoms with Crippen LogP contribution >= 0.6 is 0 Å². The van der Waals surface area contributed by atoms with Crippen molar-refractivity contribution in [3.63, 3.8) is 0 Å². The van der Waals surface area contributed by atoms with E-state index in [-0.39, 0.29) is 16.8 Å². The van der Waals surface area contributed by atoms with E-state index in [0.717, 1.165) is 12.1 Å². The van der Waals surface area contributed by atoms with Gasteiger partial charge in [0, 0.05) is 12.1 Å². The van der Waals surface area contributed by atoms with E-state index in [1.807, 2.05) is 0 Å². The Morgan fingerprint density at radius 2 is 2.00 bits per heavy atom. The third-order valence-electron chi connectivity index (χ3n) is 2.07. The molecule has 17 heavy (non-hydrogen) atoms. The fourth-order valence-corrected chi connectivity index (χ4v) is 1.24. The smallest absolute Gasteiger partial charge is 0.423 e. The monoisotopic (exact) mass is 250 g/mol. The SMILES string of the molecule is Nc1cc2oc(C(O)C(F)(F)F)nc2cc1F. The number of hydrogen-bond acceptors (Lipinski definition) is 4. The molecule has 1 aromatic heterocycles. The second-order valence-electron chi connectivity index (χ2n) is 3.34. The number of aromatic nitrogens is 1. The first kappa shape index (κ1) is 11.6. The molecule has 0 amide bonds. The van der Waals surface area contributed by atoms with Gasteiger partial charge in [-0.25, -0.2) is 9.37 Å². The van der Waals surface area contributed by atoms with E-state index in [0.29, 0.717) is 0 Å². The van der Waals surface area contributed by atoms with Crippen molar-refractivity contribution in [2.75, 3.05) is 5.73 Å². The highest BCUT2D eigenvalue weighted by Crippen LogP contribution is 2.34. The minimum absolute atomic E-state index is 0.123. The standard InChI is InChI=1S/C9H6F4N2O2/c10-3-1-5-6(2-4(3)14)17-8(15-5)7(16)9(11,12)13/h1-2,7,16H,14H2. The van der Waals surface area contributed by atoms with Crippen LogP contribution < -0.4 is 5.73 Å². The summed E-state index contributed by atoms with van der Waals surface area (Å²) in [5.74, 6) is -1.77. The summed E-state index contributed by atoms with van der Waals surface area (Å²) in [4.78, 5) is 3.35. The zero-order valence-electron chi connectivity index (χ0n) is 8.12. The Morgan fingerprint density at radius 1 is 1.35 bits per heavy atom. The molecular weight excluding hydrogens is 244 g/mol. The Bertz CT molecular complexity index is 525. The molecule has 2 rings (SSSR count). The third kappa shape index (κ3) is 2.03. The number of hydrogen-bond donors (Lipinski definition) is 2. The molecule has 3 N–H and O–H groups in total. The topological polar surface area (TPSA) is 72.3 Å². The van der Waals surface area contributed by atoms with Gasteiger partial charge in [0.15, 0.2) is 5.58 Å². The Balaban J connectivity index is 2.52. The molecule has 92 valence electrons. The first-order chi connectivity index (χ1) is 7.79. The maximum absolute atomic E-state index is 13.0. The number of rotatable bonds is 1. The summed E-state index contributed by atoms with van der Waals surface area (Å²) in [5.41, 5.74) is 4.67. The Hall–Kier alpha value is -1.83. The number of aliphatic hydroxyl groups is 1. The van der Waals surface area contributed by atoms with Crippen molar-refractivity contribution in [1.29, 1.82) is 0 Å². The van der Waals surface area contributed by atoms with E-state index < -0.39 is 24.0 Å². The van der Waals surface area contributed by atoms with Gasteiger partial charge in [0.05, 0.1) is 5.69 Å². The predicted octanol–water partition coefficient (Wildman–Crippen LogP) is 2.14. The van der Waals surface area contributed by atoms with Crippen LogP contribution in [0.4, 0.5) is 23.2 Å². The van der Waals surface area contributed by atoms with Crippen LogP contribution in [-0.2, 0) is 0 Å². The van der Waals surface area contributed by atoms with Crippen molar-refractivity contribution >= 4 is 16.8 Å². The first-order valence-corrected chi connectivity index (χ1v) is 4.39. The molecule has 0 fully saturated rings. The van der Waals surface area contributed by atoms with Crippen LogP contribution in [0.25, 0.3) is 11.1 Å². The summed E-state index contributed by atoms with van der Waals surface area (Å²) < 4.78 is 54.2. The van der Waals surface area contributed by atoms with Gasteiger partial charge < -0.3 is 15.3 Å². The molecule has 1 heterocycles. The number of halogens is 4. The van der Waals surface area contributed by atoms with Crippen LogP contribution in [0, 0.1) is 5.82 Å². The number of alkyl halides is 3. The molecule has 0 bridgehead atoms. The zero-order chi connectivity index (χ0) is 12.8. The van der Waals surface area contributed by atoms with Gasteiger partial charge in [-0.3, -0.25) is 0 Å². The quantitative estimate of drug-likeness (QED) is 0.600. The number of anilines is 1. The lowest BCUT2D eigenvalue weighted by molar-refractivity contribution is -0.212. The average Bonchev–Trinajstić information content (AvgIpc) is 2.59. The fraction of sp³-hybridized carbons (Fsp3) is 0.222. The lowest BCUT2D eigenvalue weighted by Crippen LogP contribution is -2.20. The van der Waals surface area contributed by atoms with Crippen molar-refractivity contribution in [3.05, 3.63) is 23.8 Å². The van der Waals surface area contributed by atoms with E-state index in [1.54, 1.807) is 0 Å². The van der Waals surface area contributed by atoms with Crippen LogP contribution in [-0.4, -0.2) is 16.3 Å². The van der Waals surface area contributed by atoms with E-state index in [2.05, 4.69) is 9.40 Å². The summed E-state index contributed by atoms with van der Waals surface area (Å²) in [6, 6.07) is 1.84. The van der Waals surface area contributed by atoms with Crippen molar-refractivity contribution in [2.24, 2.45) is 0 Å². The van der Waals surface area contributed by atoms with E-state index in [1.165, 1.54) is 0 Å². The molecule has 0 aliphatic heterocycles. The van der Waals surface area contributed by atoms with Crippen LogP contribution in [0.15, 0.2) is 16.5 Å². The highest BCUT2D eigenvalue weighted by atomic mass is 19.4. The van der Waals surface area contributed by atoms with Crippen molar-refractivity contribution < 1.29 is 27.1 Å². The summed E-state index contributed by atoms with van der Waals surface area (Å²) in [5, 5.41) is 8.89. The molecular formula is C9H6F4N2O2. The minimum Gasteiger partial charge on any atom is -0.437 e. The fourth-order valence-electron chi connectivity index (χ4n) is 1.24. The van der Waals surface area contributed by atoms with Crippen LogP contribution in [0.2, 0.25) is 0 Å². The molecule has 0 saturated heterocycles. The summed E-state index contributed by atoms with van der Waals surface area (Å²) >= 11 is 0. The maximum atomic E-state index is 13.0. The predicted molar refractivity (Wildman–Crippen MR) is 49.4 cm³/mol. The van der Waals surface area contributed by atoms with Crippen molar-refractivity contribution in [1.82, 2.24) is 4.98 Å². The molecule has 8 heteroatoms. The summed E-state index contributed by atoms with van der Waals surface area (Å²) in [6.45, 7) is 0. The number of aliphatic hydroxyl groups excluding tert-OH is 1. The Kier molecular flexibility index (Phi) is 2.46. The van der Waals surface area contributed by atoms with Crippen molar-refractivity contribution in [2.45, 2.75) is 12.3 Å². The number of nitrogens with two attached hydrogens (primary N) is 1. The van der Waals surface area contributed by atoms with Crippen LogP contribution in [0.5, 0.6) is 0 Å². The molecule has 1 unspecified atom stereocenters. The molecule has 4 nitrogen and oxygen atoms in total. The van der Waals surface area contributed by atoms with Crippen molar-refractivity contribution in [3.8, 4) is 0 Å². The van der Waals surface area contributed by atoms with E-state index in [4.69, 9.17) is 10.8 Å². The van der Waals surface area contributed by atoms with Crippen LogP contribution in [0.3, 0.4) is 0 Å². The summed E-state index contributed by atoms with van der Waals surface area (Å²) in [6.07, 6.45) is -7.75. The number of fused-ring (bicyclic) bond motifs is 1. The molecule has 0 aliphatic carbocycles. The van der Waals surface area contributed by atoms with Gasteiger partial charge in [-0.05, 0) is 0 Å². The normalized spacial score (nSPS) is 14.2. The number of nitrogens with zero attached hydrogens (tertiary/aromatic N) is 1. The van der Waals surface area contributed by atoms with Gasteiger partial charge in [0.25, 0.3) is 0 Å². The highest BCUT2D eigenvalue weighted by molar-refractivity contribution is 5.77. The Labute approximate surface area is 91.7 Å². The lowest BCUT2D eigenvalue weighted by Gasteiger charge is -2.09. The van der Waals surface area contributed by atoms with Crippen LogP contribution in [0.1, 0.15) is 12.0 Å². The van der Waals surface area contributed by atoms with Gasteiger partial charge in [0.2, 0.25) is 12.0 Å². The lowest BCUT2D eigenvalue weighted by atomic mass is 10.3. The molecule has 0 aliphatic rings. The maximum Gasteiger partial charge on any atom is 0.423 e. The molecule has 0 radical (unpaired) electrons. The van der Waals surface area contributed by atoms with E-state index in [9.17, 15) is 17.6 Å². The van der Waals surface area contributed by atoms with Gasteiger partial charge in [-0.2, -0.15) is 13.2 Å². The average molecular weight is 250 g/mol. The Morgan fingerprint density at radius 3 is 2.59 bits per heavy atom. The summed E-state index contributed by atoms with van der Waals surface area (Å²) in [7, 11) is 0. The zero-order valence-corrected chi connectivity index (χ0v) is 8.12. The molecule has 1 atom stereocenters. The number of nitrogen functional groups attached to an aromatic ring is 1. The van der Waals surface area contributed by atoms with Gasteiger partial charge in [-0.1, -0.05) is 0 Å². The van der Waals surface area contributed by atoms with E-state index >= 15 is 0 Å². The second-order valence-corrected chi connectivity index (χ2v) is 3.34. The first-order valence-electron chi connectivity index (χ1n) is 4.39. The number of benzene rings is 1.